The predicted octanol–water partition coefficient (Wildman–Crippen LogP) is 0.490. The molecule has 2 N–H and O–H groups in total. The van der Waals surface area contributed by atoms with Gasteiger partial charge in [-0.1, -0.05) is 0 Å². The highest BCUT2D eigenvalue weighted by Gasteiger charge is 2.54. The van der Waals surface area contributed by atoms with Crippen LogP contribution in [0, 0.1) is 5.41 Å². The second kappa shape index (κ2) is 1.99. The Labute approximate surface area is 67.7 Å². The van der Waals surface area contributed by atoms with Crippen LogP contribution in [-0.4, -0.2) is 25.2 Å². The summed E-state index contributed by atoms with van der Waals surface area (Å²) in [6.07, 6.45) is 5.68. The Kier molecular flexibility index (Phi) is 1.16. The van der Waals surface area contributed by atoms with Crippen molar-refractivity contribution in [2.45, 2.75) is 37.8 Å². The number of nitrogens with one attached hydrogen (secondary N) is 2. The molecule has 62 valence electrons. The molecule has 0 aromatic heterocycles. The maximum atomic E-state index is 3.64. The van der Waals surface area contributed by atoms with Crippen molar-refractivity contribution in [1.29, 1.82) is 0 Å². The molecule has 2 saturated heterocycles. The molecular weight excluding hydrogens is 136 g/mol. The standard InChI is InChI=1S/C9H16N2/c1-2-8-9(4-6-11-8)3-5-10-7(1)9/h7-8,10-11H,1-6H2. The molecule has 3 aliphatic rings. The third-order valence-corrected chi connectivity index (χ3v) is 4.09. The molecule has 0 aromatic carbocycles. The minimum Gasteiger partial charge on any atom is -0.313 e. The van der Waals surface area contributed by atoms with Crippen molar-refractivity contribution >= 4 is 0 Å². The molecule has 2 atom stereocenters. The first-order valence-corrected chi connectivity index (χ1v) is 4.89. The van der Waals surface area contributed by atoms with Crippen molar-refractivity contribution < 1.29 is 0 Å². The van der Waals surface area contributed by atoms with Crippen LogP contribution in [0.25, 0.3) is 0 Å². The lowest BCUT2D eigenvalue weighted by atomic mass is 9.79. The second-order valence-electron chi connectivity index (χ2n) is 4.32. The fourth-order valence-corrected chi connectivity index (χ4v) is 3.54. The van der Waals surface area contributed by atoms with Gasteiger partial charge in [-0.2, -0.15) is 0 Å². The highest BCUT2D eigenvalue weighted by atomic mass is 15.1. The minimum atomic E-state index is 0.694. The summed E-state index contributed by atoms with van der Waals surface area (Å²) in [5, 5.41) is 7.28. The average molecular weight is 152 g/mol. The van der Waals surface area contributed by atoms with Gasteiger partial charge in [0.1, 0.15) is 0 Å². The Hall–Kier alpha value is -0.0800. The van der Waals surface area contributed by atoms with E-state index in [0.717, 1.165) is 12.1 Å². The van der Waals surface area contributed by atoms with Crippen LogP contribution in [0.5, 0.6) is 0 Å². The molecule has 2 aliphatic heterocycles. The van der Waals surface area contributed by atoms with Gasteiger partial charge >= 0.3 is 0 Å². The summed E-state index contributed by atoms with van der Waals surface area (Å²) < 4.78 is 0. The molecule has 0 aromatic rings. The summed E-state index contributed by atoms with van der Waals surface area (Å²) in [6.45, 7) is 2.53. The van der Waals surface area contributed by atoms with E-state index in [1.165, 1.54) is 38.8 Å². The van der Waals surface area contributed by atoms with Crippen molar-refractivity contribution in [1.82, 2.24) is 10.6 Å². The highest BCUT2D eigenvalue weighted by molar-refractivity contribution is 5.12. The molecule has 0 radical (unpaired) electrons. The first-order valence-electron chi connectivity index (χ1n) is 4.89. The lowest BCUT2D eigenvalue weighted by Gasteiger charge is -2.27. The van der Waals surface area contributed by atoms with Gasteiger partial charge in [0, 0.05) is 17.5 Å². The van der Waals surface area contributed by atoms with Crippen molar-refractivity contribution in [3.8, 4) is 0 Å². The Morgan fingerprint density at radius 2 is 1.45 bits per heavy atom. The average Bonchev–Trinajstić information content (AvgIpc) is 2.55. The van der Waals surface area contributed by atoms with Gasteiger partial charge < -0.3 is 10.6 Å². The molecule has 1 saturated carbocycles. The molecule has 2 heteroatoms. The van der Waals surface area contributed by atoms with Crippen LogP contribution in [-0.2, 0) is 0 Å². The molecule has 2 unspecified atom stereocenters. The SMILES string of the molecule is C1CC23CCNC2CCC3N1. The summed E-state index contributed by atoms with van der Waals surface area (Å²) in [6, 6.07) is 1.73. The summed E-state index contributed by atoms with van der Waals surface area (Å²) in [7, 11) is 0. The quantitative estimate of drug-likeness (QED) is 0.528. The van der Waals surface area contributed by atoms with E-state index >= 15 is 0 Å². The van der Waals surface area contributed by atoms with Crippen LogP contribution in [0.1, 0.15) is 25.7 Å². The van der Waals surface area contributed by atoms with Gasteiger partial charge in [0.25, 0.3) is 0 Å². The van der Waals surface area contributed by atoms with Crippen molar-refractivity contribution in [3.63, 3.8) is 0 Å². The third kappa shape index (κ3) is 0.651. The van der Waals surface area contributed by atoms with E-state index in [9.17, 15) is 0 Å². The number of hydrogen-bond acceptors (Lipinski definition) is 2. The first kappa shape index (κ1) is 6.44. The molecule has 3 rings (SSSR count). The van der Waals surface area contributed by atoms with E-state index in [0.29, 0.717) is 5.41 Å². The van der Waals surface area contributed by atoms with Crippen LogP contribution < -0.4 is 10.6 Å². The van der Waals surface area contributed by atoms with Gasteiger partial charge in [0.15, 0.2) is 0 Å². The Morgan fingerprint density at radius 1 is 0.909 bits per heavy atom. The smallest absolute Gasteiger partial charge is 0.0140 e. The maximum absolute atomic E-state index is 3.64. The Bertz CT molecular complexity index is 158. The molecule has 11 heavy (non-hydrogen) atoms. The number of rotatable bonds is 0. The van der Waals surface area contributed by atoms with Crippen LogP contribution >= 0.6 is 0 Å². The molecule has 0 amide bonds. The van der Waals surface area contributed by atoms with E-state index in [4.69, 9.17) is 0 Å². The lowest BCUT2D eigenvalue weighted by Crippen LogP contribution is -2.37. The highest BCUT2D eigenvalue weighted by Crippen LogP contribution is 2.49. The van der Waals surface area contributed by atoms with E-state index in [2.05, 4.69) is 10.6 Å². The van der Waals surface area contributed by atoms with Crippen LogP contribution in [0.4, 0.5) is 0 Å². The molecule has 1 aliphatic carbocycles. The Morgan fingerprint density at radius 3 is 2.00 bits per heavy atom. The first-order chi connectivity index (χ1) is 5.42. The predicted molar refractivity (Wildman–Crippen MR) is 44.5 cm³/mol. The summed E-state index contributed by atoms with van der Waals surface area (Å²) >= 11 is 0. The van der Waals surface area contributed by atoms with Gasteiger partial charge in [-0.05, 0) is 38.8 Å². The second-order valence-corrected chi connectivity index (χ2v) is 4.32. The van der Waals surface area contributed by atoms with Gasteiger partial charge in [0.2, 0.25) is 0 Å². The lowest BCUT2D eigenvalue weighted by molar-refractivity contribution is 0.277. The summed E-state index contributed by atoms with van der Waals surface area (Å²) in [5.74, 6) is 0. The molecule has 2 heterocycles. The summed E-state index contributed by atoms with van der Waals surface area (Å²) in [4.78, 5) is 0. The zero-order valence-electron chi connectivity index (χ0n) is 6.90. The van der Waals surface area contributed by atoms with Gasteiger partial charge in [-0.15, -0.1) is 0 Å². The van der Waals surface area contributed by atoms with Crippen molar-refractivity contribution in [2.75, 3.05) is 13.1 Å². The van der Waals surface area contributed by atoms with Gasteiger partial charge in [-0.25, -0.2) is 0 Å². The van der Waals surface area contributed by atoms with Crippen LogP contribution in [0.3, 0.4) is 0 Å². The van der Waals surface area contributed by atoms with Crippen LogP contribution in [0.2, 0.25) is 0 Å². The zero-order valence-corrected chi connectivity index (χ0v) is 6.90. The minimum absolute atomic E-state index is 0.694. The molecule has 0 bridgehead atoms. The van der Waals surface area contributed by atoms with Crippen LogP contribution in [0.15, 0.2) is 0 Å². The third-order valence-electron chi connectivity index (χ3n) is 4.09. The fourth-order valence-electron chi connectivity index (χ4n) is 3.54. The molecule has 2 nitrogen and oxygen atoms in total. The van der Waals surface area contributed by atoms with Crippen molar-refractivity contribution in [2.24, 2.45) is 5.41 Å². The van der Waals surface area contributed by atoms with E-state index < -0.39 is 0 Å². The topological polar surface area (TPSA) is 24.1 Å². The molecule has 3 fully saturated rings. The van der Waals surface area contributed by atoms with E-state index in [-0.39, 0.29) is 0 Å². The molecular formula is C9H16N2. The van der Waals surface area contributed by atoms with Gasteiger partial charge in [0.05, 0.1) is 0 Å². The number of hydrogen-bond donors (Lipinski definition) is 2. The normalized spacial score (nSPS) is 54.5. The monoisotopic (exact) mass is 152 g/mol. The maximum Gasteiger partial charge on any atom is 0.0140 e. The van der Waals surface area contributed by atoms with E-state index in [1.807, 2.05) is 0 Å². The van der Waals surface area contributed by atoms with Crippen molar-refractivity contribution in [3.05, 3.63) is 0 Å². The fraction of sp³-hybridized carbons (Fsp3) is 1.00. The molecule has 1 spiro atoms. The van der Waals surface area contributed by atoms with E-state index in [1.54, 1.807) is 0 Å². The van der Waals surface area contributed by atoms with Gasteiger partial charge in [-0.3, -0.25) is 0 Å². The largest absolute Gasteiger partial charge is 0.313 e. The summed E-state index contributed by atoms with van der Waals surface area (Å²) in [5.41, 5.74) is 0.694. The Balaban J connectivity index is 1.97. The zero-order chi connectivity index (χ0) is 7.31.